The Bertz CT molecular complexity index is 1220. The first-order valence-electron chi connectivity index (χ1n) is 10.8. The van der Waals surface area contributed by atoms with E-state index >= 15 is 0 Å². The highest BCUT2D eigenvalue weighted by Gasteiger charge is 2.36. The number of ether oxygens (including phenoxy) is 3. The number of morpholine rings is 1. The molecule has 0 atom stereocenters. The van der Waals surface area contributed by atoms with Gasteiger partial charge < -0.3 is 19.3 Å². The van der Waals surface area contributed by atoms with Crippen molar-refractivity contribution in [1.29, 1.82) is 0 Å². The highest BCUT2D eigenvalue weighted by atomic mass is 32.2. The van der Waals surface area contributed by atoms with Gasteiger partial charge in [-0.15, -0.1) is 4.40 Å². The Morgan fingerprint density at radius 3 is 2.62 bits per heavy atom. The summed E-state index contributed by atoms with van der Waals surface area (Å²) in [6, 6.07) is 8.31. The number of aromatic hydroxyl groups is 1. The van der Waals surface area contributed by atoms with E-state index in [1.54, 1.807) is 35.5 Å². The molecule has 2 aromatic rings. The molecular weight excluding hydrogens is 460 g/mol. The topological polar surface area (TPSA) is 113 Å². The van der Waals surface area contributed by atoms with Crippen molar-refractivity contribution in [1.82, 2.24) is 9.91 Å². The third-order valence-corrected chi connectivity index (χ3v) is 7.00. The average Bonchev–Trinajstić information content (AvgIpc) is 3.10. The van der Waals surface area contributed by atoms with Crippen molar-refractivity contribution in [3.05, 3.63) is 47.0 Å². The molecule has 0 spiro atoms. The highest BCUT2D eigenvalue weighted by Crippen LogP contribution is 2.36. The lowest BCUT2D eigenvalue weighted by atomic mass is 10.1. The Morgan fingerprint density at radius 1 is 1.18 bits per heavy atom. The van der Waals surface area contributed by atoms with Gasteiger partial charge in [0.1, 0.15) is 10.6 Å². The van der Waals surface area contributed by atoms with Crippen LogP contribution in [0.25, 0.3) is 0 Å². The maximum absolute atomic E-state index is 12.9. The van der Waals surface area contributed by atoms with Gasteiger partial charge in [0, 0.05) is 25.2 Å². The van der Waals surface area contributed by atoms with Crippen molar-refractivity contribution < 1.29 is 27.7 Å². The highest BCUT2D eigenvalue weighted by molar-refractivity contribution is 7.90. The summed E-state index contributed by atoms with van der Waals surface area (Å²) in [5.74, 6) is 0.836. The number of sulfonamides is 1. The van der Waals surface area contributed by atoms with Crippen molar-refractivity contribution in [2.24, 2.45) is 9.50 Å². The molecule has 1 N–H and O–H groups in total. The maximum atomic E-state index is 12.9. The lowest BCUT2D eigenvalue weighted by molar-refractivity contribution is 0.0360. The van der Waals surface area contributed by atoms with Crippen LogP contribution in [-0.2, 0) is 14.8 Å². The van der Waals surface area contributed by atoms with Crippen LogP contribution in [0.3, 0.4) is 0 Å². The number of hydrazone groups is 1. The number of phenolic OH excluding ortho intramolecular Hbond substituents is 1. The van der Waals surface area contributed by atoms with Gasteiger partial charge in [0.25, 0.3) is 10.0 Å². The fraction of sp³-hybridized carbons (Fsp3) is 0.391. The van der Waals surface area contributed by atoms with Crippen LogP contribution in [0.1, 0.15) is 16.7 Å². The first kappa shape index (κ1) is 24.0. The molecule has 0 bridgehead atoms. The number of hydrogen-bond acceptors (Lipinski definition) is 9. The molecule has 0 unspecified atom stereocenters. The van der Waals surface area contributed by atoms with Gasteiger partial charge >= 0.3 is 0 Å². The number of rotatable bonds is 7. The second kappa shape index (κ2) is 10.00. The molecule has 2 aliphatic rings. The van der Waals surface area contributed by atoms with Crippen molar-refractivity contribution in [3.8, 4) is 17.2 Å². The van der Waals surface area contributed by atoms with Crippen LogP contribution in [0.5, 0.6) is 17.2 Å². The minimum absolute atomic E-state index is 0.0200. The molecule has 0 radical (unpaired) electrons. The van der Waals surface area contributed by atoms with Crippen LogP contribution < -0.4 is 9.47 Å². The fourth-order valence-corrected chi connectivity index (χ4v) is 5.24. The third kappa shape index (κ3) is 5.01. The fourth-order valence-electron chi connectivity index (χ4n) is 3.91. The number of nitrogens with zero attached hydrogens (tertiary/aromatic N) is 4. The molecule has 1 saturated heterocycles. The lowest BCUT2D eigenvalue weighted by Gasteiger charge is -2.28. The molecule has 0 saturated carbocycles. The molecule has 11 heteroatoms. The lowest BCUT2D eigenvalue weighted by Crippen LogP contribution is -2.41. The monoisotopic (exact) mass is 488 g/mol. The Labute approximate surface area is 199 Å². The van der Waals surface area contributed by atoms with Crippen molar-refractivity contribution >= 4 is 22.1 Å². The second-order valence-electron chi connectivity index (χ2n) is 7.99. The van der Waals surface area contributed by atoms with Gasteiger partial charge in [-0.1, -0.05) is 0 Å². The third-order valence-electron chi connectivity index (χ3n) is 5.65. The summed E-state index contributed by atoms with van der Waals surface area (Å²) in [6.45, 7) is 5.83. The predicted molar refractivity (Wildman–Crippen MR) is 128 cm³/mol. The minimum Gasteiger partial charge on any atom is -0.504 e. The largest absolute Gasteiger partial charge is 0.504 e. The summed E-state index contributed by atoms with van der Waals surface area (Å²) >= 11 is 0. The molecule has 10 nitrogen and oxygen atoms in total. The zero-order chi connectivity index (χ0) is 24.3. The van der Waals surface area contributed by atoms with E-state index in [2.05, 4.69) is 14.4 Å². The van der Waals surface area contributed by atoms with E-state index in [0.29, 0.717) is 43.2 Å². The Balaban J connectivity index is 1.71. The van der Waals surface area contributed by atoms with Gasteiger partial charge in [0.05, 0.1) is 40.2 Å². The summed E-state index contributed by atoms with van der Waals surface area (Å²) in [4.78, 5) is 2.28. The summed E-state index contributed by atoms with van der Waals surface area (Å²) in [7, 11) is -1.03. The number of aryl methyl sites for hydroxylation is 1. The van der Waals surface area contributed by atoms with Crippen LogP contribution >= 0.6 is 0 Å². The van der Waals surface area contributed by atoms with Crippen LogP contribution in [0.4, 0.5) is 0 Å². The number of hydrogen-bond donors (Lipinski definition) is 1. The molecule has 2 heterocycles. The van der Waals surface area contributed by atoms with Gasteiger partial charge in [0.15, 0.2) is 17.3 Å². The first-order chi connectivity index (χ1) is 16.3. The molecule has 182 valence electrons. The van der Waals surface area contributed by atoms with E-state index in [1.807, 2.05) is 6.92 Å². The smallest absolute Gasteiger partial charge is 0.288 e. The SMILES string of the molecule is COc1cc(C=NN(CCN2CCOCC2)C2=NS(=O)(=O)c3c(OC)cc(C)cc32)ccc1O. The maximum Gasteiger partial charge on any atom is 0.288 e. The van der Waals surface area contributed by atoms with Crippen LogP contribution in [-0.4, -0.2) is 89.1 Å². The normalized spacial score (nSPS) is 17.4. The van der Waals surface area contributed by atoms with Gasteiger partial charge in [-0.25, -0.2) is 5.01 Å². The van der Waals surface area contributed by atoms with Gasteiger partial charge in [-0.05, 0) is 48.4 Å². The first-order valence-corrected chi connectivity index (χ1v) is 12.3. The van der Waals surface area contributed by atoms with Crippen molar-refractivity contribution in [3.63, 3.8) is 0 Å². The molecule has 0 amide bonds. The van der Waals surface area contributed by atoms with Crippen LogP contribution in [0, 0.1) is 6.92 Å². The van der Waals surface area contributed by atoms with Crippen LogP contribution in [0.15, 0.2) is 44.7 Å². The predicted octanol–water partition coefficient (Wildman–Crippen LogP) is 1.84. The standard InChI is InChI=1S/C23H28N4O6S/c1-16-12-18-22(21(13-16)32-3)34(29,30)25-23(18)27(7-6-26-8-10-33-11-9-26)24-15-17-4-5-19(28)20(14-17)31-2/h4-5,12-15,28H,6-11H2,1-3H3. The van der Waals surface area contributed by atoms with Crippen molar-refractivity contribution in [2.45, 2.75) is 11.8 Å². The van der Waals surface area contributed by atoms with Gasteiger partial charge in [-0.3, -0.25) is 4.90 Å². The van der Waals surface area contributed by atoms with E-state index in [-0.39, 0.29) is 22.2 Å². The van der Waals surface area contributed by atoms with E-state index in [1.165, 1.54) is 20.3 Å². The zero-order valence-corrected chi connectivity index (χ0v) is 20.2. The molecule has 4 rings (SSSR count). The Morgan fingerprint density at radius 2 is 1.91 bits per heavy atom. The molecule has 1 fully saturated rings. The second-order valence-corrected chi connectivity index (χ2v) is 9.53. The summed E-state index contributed by atoms with van der Waals surface area (Å²) in [6.07, 6.45) is 1.58. The zero-order valence-electron chi connectivity index (χ0n) is 19.4. The summed E-state index contributed by atoms with van der Waals surface area (Å²) < 4.78 is 45.9. The molecule has 0 aliphatic carbocycles. The van der Waals surface area contributed by atoms with Gasteiger partial charge in [-0.2, -0.15) is 13.5 Å². The van der Waals surface area contributed by atoms with Crippen LogP contribution in [0.2, 0.25) is 0 Å². The quantitative estimate of drug-likeness (QED) is 0.464. The number of benzene rings is 2. The average molecular weight is 489 g/mol. The summed E-state index contributed by atoms with van der Waals surface area (Å²) in [5.41, 5.74) is 1.98. The molecule has 34 heavy (non-hydrogen) atoms. The number of amidine groups is 1. The molecule has 2 aromatic carbocycles. The van der Waals surface area contributed by atoms with E-state index in [9.17, 15) is 13.5 Å². The minimum atomic E-state index is -3.94. The number of methoxy groups -OCH3 is 2. The molecule has 2 aliphatic heterocycles. The molecular formula is C23H28N4O6S. The summed E-state index contributed by atoms with van der Waals surface area (Å²) in [5, 5.41) is 16.0. The van der Waals surface area contributed by atoms with E-state index < -0.39 is 10.0 Å². The van der Waals surface area contributed by atoms with Crippen molar-refractivity contribution in [2.75, 3.05) is 53.6 Å². The van der Waals surface area contributed by atoms with Gasteiger partial charge in [0.2, 0.25) is 0 Å². The Kier molecular flexibility index (Phi) is 7.05. The molecule has 0 aromatic heterocycles. The van der Waals surface area contributed by atoms with E-state index in [4.69, 9.17) is 14.2 Å². The number of fused-ring (bicyclic) bond motifs is 1. The van der Waals surface area contributed by atoms with E-state index in [0.717, 1.165) is 18.7 Å². The Hall–Kier alpha value is -3.15. The number of phenols is 1.